The Bertz CT molecular complexity index is 1130. The van der Waals surface area contributed by atoms with Crippen LogP contribution in [0, 0.1) is 0 Å². The van der Waals surface area contributed by atoms with E-state index in [0.717, 1.165) is 25.7 Å². The van der Waals surface area contributed by atoms with Gasteiger partial charge in [-0.1, -0.05) is 31.0 Å². The predicted molar refractivity (Wildman–Crippen MR) is 117 cm³/mol. The SMILES string of the molecule is COc1cc(C(O)C(Cn2cc3cccc(C(=O)O)c3n2)OC2CCCC2)ccc1C(F)F. The number of rotatable bonds is 9. The zero-order valence-electron chi connectivity index (χ0n) is 18.2. The average molecular weight is 460 g/mol. The Hall–Kier alpha value is -3.04. The number of methoxy groups -OCH3 is 1. The van der Waals surface area contributed by atoms with Crippen molar-refractivity contribution in [2.45, 2.75) is 57.0 Å². The lowest BCUT2D eigenvalue weighted by molar-refractivity contribution is -0.0844. The standard InChI is InChI=1S/C24H26F2N2O5/c1-32-19-11-14(9-10-17(19)23(25)26)22(29)20(33-16-6-2-3-7-16)13-28-12-15-5-4-8-18(24(30)31)21(15)27-28/h4-5,8-12,16,20,22-23,29H,2-3,6-7,13H2,1H3,(H,30,31). The van der Waals surface area contributed by atoms with Crippen molar-refractivity contribution in [1.82, 2.24) is 9.78 Å². The van der Waals surface area contributed by atoms with Crippen molar-refractivity contribution in [2.75, 3.05) is 7.11 Å². The second kappa shape index (κ2) is 9.84. The lowest BCUT2D eigenvalue weighted by Gasteiger charge is -2.27. The number of hydrogen-bond donors (Lipinski definition) is 2. The van der Waals surface area contributed by atoms with Crippen LogP contribution in [0.15, 0.2) is 42.6 Å². The first-order valence-corrected chi connectivity index (χ1v) is 10.9. The number of hydrogen-bond acceptors (Lipinski definition) is 5. The third-order valence-electron chi connectivity index (χ3n) is 6.04. The van der Waals surface area contributed by atoms with Crippen molar-refractivity contribution >= 4 is 16.9 Å². The van der Waals surface area contributed by atoms with Crippen molar-refractivity contribution in [1.29, 1.82) is 0 Å². The van der Waals surface area contributed by atoms with Crippen LogP contribution in [0.3, 0.4) is 0 Å². The topological polar surface area (TPSA) is 93.8 Å². The number of aromatic nitrogens is 2. The number of carbonyl (C=O) groups is 1. The van der Waals surface area contributed by atoms with Crippen LogP contribution >= 0.6 is 0 Å². The molecular formula is C24H26F2N2O5. The van der Waals surface area contributed by atoms with Crippen molar-refractivity contribution in [3.8, 4) is 5.75 Å². The van der Waals surface area contributed by atoms with E-state index in [1.807, 2.05) is 0 Å². The number of ether oxygens (including phenoxy) is 2. The molecule has 9 heteroatoms. The van der Waals surface area contributed by atoms with Gasteiger partial charge in [0.05, 0.1) is 30.9 Å². The van der Waals surface area contributed by atoms with Gasteiger partial charge in [-0.3, -0.25) is 4.68 Å². The number of aromatic carboxylic acids is 1. The van der Waals surface area contributed by atoms with Crippen molar-refractivity contribution in [2.24, 2.45) is 0 Å². The number of aliphatic hydroxyl groups excluding tert-OH is 1. The van der Waals surface area contributed by atoms with E-state index in [0.29, 0.717) is 16.5 Å². The minimum atomic E-state index is -2.70. The fraction of sp³-hybridized carbons (Fsp3) is 0.417. The van der Waals surface area contributed by atoms with Gasteiger partial charge in [-0.05, 0) is 36.6 Å². The smallest absolute Gasteiger partial charge is 0.337 e. The highest BCUT2D eigenvalue weighted by atomic mass is 19.3. The monoisotopic (exact) mass is 460 g/mol. The van der Waals surface area contributed by atoms with Crippen LogP contribution in [0.5, 0.6) is 5.75 Å². The zero-order chi connectivity index (χ0) is 23.5. The van der Waals surface area contributed by atoms with Crippen molar-refractivity contribution in [3.63, 3.8) is 0 Å². The zero-order valence-corrected chi connectivity index (χ0v) is 18.2. The van der Waals surface area contributed by atoms with E-state index < -0.39 is 24.6 Å². The molecule has 1 aromatic heterocycles. The van der Waals surface area contributed by atoms with Gasteiger partial charge in [0.25, 0.3) is 6.43 Å². The molecule has 2 unspecified atom stereocenters. The van der Waals surface area contributed by atoms with E-state index in [1.54, 1.807) is 23.0 Å². The molecule has 1 heterocycles. The quantitative estimate of drug-likeness (QED) is 0.479. The Labute approximate surface area is 189 Å². The Morgan fingerprint density at radius 2 is 2.00 bits per heavy atom. The second-order valence-corrected chi connectivity index (χ2v) is 8.23. The summed E-state index contributed by atoms with van der Waals surface area (Å²) < 4.78 is 39.4. The van der Waals surface area contributed by atoms with Crippen molar-refractivity contribution < 1.29 is 33.3 Å². The highest BCUT2D eigenvalue weighted by Crippen LogP contribution is 2.34. The summed E-state index contributed by atoms with van der Waals surface area (Å²) in [5.41, 5.74) is 0.581. The number of carboxylic acid groups (broad SMARTS) is 1. The highest BCUT2D eigenvalue weighted by molar-refractivity contribution is 6.01. The lowest BCUT2D eigenvalue weighted by atomic mass is 10.0. The molecule has 176 valence electrons. The molecule has 33 heavy (non-hydrogen) atoms. The molecule has 3 aromatic rings. The maximum absolute atomic E-state index is 13.2. The van der Waals surface area contributed by atoms with E-state index in [-0.39, 0.29) is 29.5 Å². The maximum Gasteiger partial charge on any atom is 0.337 e. The summed E-state index contributed by atoms with van der Waals surface area (Å²) in [4.78, 5) is 11.5. The van der Waals surface area contributed by atoms with Crippen LogP contribution < -0.4 is 4.74 Å². The number of alkyl halides is 2. The fourth-order valence-electron chi connectivity index (χ4n) is 4.34. The molecule has 2 aromatic carbocycles. The largest absolute Gasteiger partial charge is 0.496 e. The summed E-state index contributed by atoms with van der Waals surface area (Å²) in [6.45, 7) is 0.157. The molecule has 1 aliphatic rings. The second-order valence-electron chi connectivity index (χ2n) is 8.23. The van der Waals surface area contributed by atoms with Gasteiger partial charge in [0.2, 0.25) is 0 Å². The third-order valence-corrected chi connectivity index (χ3v) is 6.04. The summed E-state index contributed by atoms with van der Waals surface area (Å²) in [5.74, 6) is -1.08. The minimum Gasteiger partial charge on any atom is -0.496 e. The van der Waals surface area contributed by atoms with Gasteiger partial charge in [0, 0.05) is 11.6 Å². The molecule has 0 amide bonds. The van der Waals surface area contributed by atoms with Gasteiger partial charge in [0.15, 0.2) is 0 Å². The van der Waals surface area contributed by atoms with Crippen LogP contribution in [-0.2, 0) is 11.3 Å². The normalized spacial score (nSPS) is 16.4. The van der Waals surface area contributed by atoms with Crippen LogP contribution in [0.1, 0.15) is 59.7 Å². The maximum atomic E-state index is 13.2. The van der Waals surface area contributed by atoms with Crippen LogP contribution in [0.25, 0.3) is 10.9 Å². The molecule has 0 saturated heterocycles. The molecule has 2 N–H and O–H groups in total. The Morgan fingerprint density at radius 1 is 1.24 bits per heavy atom. The molecule has 7 nitrogen and oxygen atoms in total. The molecule has 2 atom stereocenters. The van der Waals surface area contributed by atoms with E-state index in [2.05, 4.69) is 5.10 Å². The summed E-state index contributed by atoms with van der Waals surface area (Å²) in [6, 6.07) is 9.00. The van der Waals surface area contributed by atoms with Crippen LogP contribution in [-0.4, -0.2) is 45.3 Å². The predicted octanol–water partition coefficient (Wildman–Crippen LogP) is 4.74. The van der Waals surface area contributed by atoms with E-state index >= 15 is 0 Å². The van der Waals surface area contributed by atoms with E-state index in [9.17, 15) is 23.8 Å². The minimum absolute atomic E-state index is 0.00269. The fourth-order valence-corrected chi connectivity index (χ4v) is 4.34. The summed E-state index contributed by atoms with van der Waals surface area (Å²) in [7, 11) is 1.30. The summed E-state index contributed by atoms with van der Waals surface area (Å²) >= 11 is 0. The molecule has 1 saturated carbocycles. The average Bonchev–Trinajstić information content (AvgIpc) is 3.46. The number of halogens is 2. The molecule has 4 rings (SSSR count). The van der Waals surface area contributed by atoms with Gasteiger partial charge >= 0.3 is 5.97 Å². The number of carboxylic acids is 1. The Balaban J connectivity index is 1.65. The summed E-state index contributed by atoms with van der Waals surface area (Å²) in [5, 5.41) is 25.7. The molecular weight excluding hydrogens is 434 g/mol. The van der Waals surface area contributed by atoms with Crippen molar-refractivity contribution in [3.05, 3.63) is 59.3 Å². The van der Waals surface area contributed by atoms with Crippen LogP contribution in [0.2, 0.25) is 0 Å². The van der Waals surface area contributed by atoms with E-state index in [4.69, 9.17) is 9.47 Å². The van der Waals surface area contributed by atoms with Gasteiger partial charge < -0.3 is 19.7 Å². The van der Waals surface area contributed by atoms with Gasteiger partial charge in [-0.2, -0.15) is 5.10 Å². The van der Waals surface area contributed by atoms with E-state index in [1.165, 1.54) is 31.4 Å². The van der Waals surface area contributed by atoms with Gasteiger partial charge in [-0.15, -0.1) is 0 Å². The first-order valence-electron chi connectivity index (χ1n) is 10.9. The Morgan fingerprint density at radius 3 is 2.67 bits per heavy atom. The number of benzene rings is 2. The number of fused-ring (bicyclic) bond motifs is 1. The molecule has 0 bridgehead atoms. The van der Waals surface area contributed by atoms with Crippen LogP contribution in [0.4, 0.5) is 8.78 Å². The summed E-state index contributed by atoms with van der Waals surface area (Å²) in [6.07, 6.45) is 0.969. The first kappa shape index (κ1) is 23.1. The number of nitrogens with zero attached hydrogens (tertiary/aromatic N) is 2. The van der Waals surface area contributed by atoms with Gasteiger partial charge in [0.1, 0.15) is 23.5 Å². The lowest BCUT2D eigenvalue weighted by Crippen LogP contribution is -2.31. The molecule has 0 aliphatic heterocycles. The molecule has 1 fully saturated rings. The van der Waals surface area contributed by atoms with Gasteiger partial charge in [-0.25, -0.2) is 13.6 Å². The first-order chi connectivity index (χ1) is 15.9. The molecule has 1 aliphatic carbocycles. The Kier molecular flexibility index (Phi) is 6.90. The molecule has 0 spiro atoms. The number of aliphatic hydroxyl groups is 1. The highest BCUT2D eigenvalue weighted by Gasteiger charge is 2.29. The third kappa shape index (κ3) is 4.99. The molecule has 0 radical (unpaired) electrons.